The van der Waals surface area contributed by atoms with E-state index in [1.807, 2.05) is 4.90 Å². The van der Waals surface area contributed by atoms with Crippen molar-refractivity contribution >= 4 is 11.6 Å². The fraction of sp³-hybridized carbons (Fsp3) is 0.417. The summed E-state index contributed by atoms with van der Waals surface area (Å²) in [7, 11) is 0. The zero-order valence-electron chi connectivity index (χ0n) is 9.53. The number of carbonyl (C=O) groups is 1. The smallest absolute Gasteiger partial charge is 0.234 e. The molecule has 2 rings (SSSR count). The quantitative estimate of drug-likeness (QED) is 0.766. The second kappa shape index (κ2) is 4.71. The first kappa shape index (κ1) is 11.9. The molecule has 0 aromatic heterocycles. The van der Waals surface area contributed by atoms with E-state index < -0.39 is 0 Å². The zero-order chi connectivity index (χ0) is 12.4. The maximum absolute atomic E-state index is 13.6. The summed E-state index contributed by atoms with van der Waals surface area (Å²) in [6, 6.07) is 4.31. The summed E-state index contributed by atoms with van der Waals surface area (Å²) in [5.41, 5.74) is 11.9. The third-order valence-electron chi connectivity index (χ3n) is 3.21. The Bertz CT molecular complexity index is 416. The van der Waals surface area contributed by atoms with Crippen molar-refractivity contribution in [1.29, 1.82) is 0 Å². The molecule has 0 radical (unpaired) electrons. The van der Waals surface area contributed by atoms with Gasteiger partial charge in [0.2, 0.25) is 5.91 Å². The minimum Gasteiger partial charge on any atom is -0.398 e. The standard InChI is InChI=1S/C12H16FN3O/c13-9-3-1-4-10(14)8(9)7-16-6-2-5-11(16)12(15)17/h1,3-4,11H,2,5-7,14H2,(H2,15,17). The van der Waals surface area contributed by atoms with E-state index in [9.17, 15) is 9.18 Å². The Kier molecular flexibility index (Phi) is 3.28. The van der Waals surface area contributed by atoms with E-state index >= 15 is 0 Å². The molecule has 1 atom stereocenters. The number of primary amides is 1. The van der Waals surface area contributed by atoms with Crippen LogP contribution in [0.2, 0.25) is 0 Å². The van der Waals surface area contributed by atoms with E-state index in [2.05, 4.69) is 0 Å². The average molecular weight is 237 g/mol. The minimum atomic E-state index is -0.350. The lowest BCUT2D eigenvalue weighted by atomic mass is 10.1. The van der Waals surface area contributed by atoms with Crippen LogP contribution in [0.25, 0.3) is 0 Å². The second-order valence-electron chi connectivity index (χ2n) is 4.34. The van der Waals surface area contributed by atoms with Crippen LogP contribution in [0.4, 0.5) is 10.1 Å². The molecule has 1 saturated heterocycles. The number of benzene rings is 1. The van der Waals surface area contributed by atoms with Crippen LogP contribution in [-0.2, 0) is 11.3 Å². The van der Waals surface area contributed by atoms with Crippen molar-refractivity contribution in [3.8, 4) is 0 Å². The Morgan fingerprint density at radius 3 is 2.94 bits per heavy atom. The van der Waals surface area contributed by atoms with Crippen molar-refractivity contribution in [1.82, 2.24) is 4.90 Å². The lowest BCUT2D eigenvalue weighted by Crippen LogP contribution is -2.40. The molecule has 1 amide bonds. The molecule has 1 aromatic carbocycles. The summed E-state index contributed by atoms with van der Waals surface area (Å²) in [6.45, 7) is 1.09. The number of nitrogen functional groups attached to an aromatic ring is 1. The first-order chi connectivity index (χ1) is 8.09. The van der Waals surface area contributed by atoms with E-state index in [0.29, 0.717) is 17.8 Å². The highest BCUT2D eigenvalue weighted by atomic mass is 19.1. The van der Waals surface area contributed by atoms with Crippen LogP contribution in [0, 0.1) is 5.82 Å². The maximum Gasteiger partial charge on any atom is 0.234 e. The van der Waals surface area contributed by atoms with Gasteiger partial charge in [-0.05, 0) is 31.5 Å². The van der Waals surface area contributed by atoms with Crippen molar-refractivity contribution in [2.75, 3.05) is 12.3 Å². The van der Waals surface area contributed by atoms with Crippen molar-refractivity contribution in [3.05, 3.63) is 29.6 Å². The summed E-state index contributed by atoms with van der Waals surface area (Å²) >= 11 is 0. The lowest BCUT2D eigenvalue weighted by Gasteiger charge is -2.22. The first-order valence-corrected chi connectivity index (χ1v) is 5.66. The van der Waals surface area contributed by atoms with E-state index in [1.54, 1.807) is 12.1 Å². The van der Waals surface area contributed by atoms with Crippen molar-refractivity contribution in [2.24, 2.45) is 5.73 Å². The van der Waals surface area contributed by atoms with Crippen LogP contribution in [-0.4, -0.2) is 23.4 Å². The fourth-order valence-electron chi connectivity index (χ4n) is 2.28. The van der Waals surface area contributed by atoms with Crippen LogP contribution in [0.1, 0.15) is 18.4 Å². The van der Waals surface area contributed by atoms with Gasteiger partial charge < -0.3 is 11.5 Å². The summed E-state index contributed by atoms with van der Waals surface area (Å²) in [5.74, 6) is -0.683. The number of rotatable bonds is 3. The Labute approximate surface area is 99.4 Å². The fourth-order valence-corrected chi connectivity index (χ4v) is 2.28. The minimum absolute atomic E-state index is 0.297. The molecule has 4 nitrogen and oxygen atoms in total. The molecule has 4 N–H and O–H groups in total. The molecule has 1 aliphatic rings. The third kappa shape index (κ3) is 2.39. The number of anilines is 1. The molecule has 1 unspecified atom stereocenters. The molecule has 0 saturated carbocycles. The summed E-state index contributed by atoms with van der Waals surface area (Å²) in [6.07, 6.45) is 1.64. The summed E-state index contributed by atoms with van der Waals surface area (Å²) in [5, 5.41) is 0. The highest BCUT2D eigenvalue weighted by Gasteiger charge is 2.29. The van der Waals surface area contributed by atoms with Gasteiger partial charge in [0.05, 0.1) is 6.04 Å². The van der Waals surface area contributed by atoms with Gasteiger partial charge >= 0.3 is 0 Å². The highest BCUT2D eigenvalue weighted by molar-refractivity contribution is 5.80. The normalized spacial score (nSPS) is 20.6. The molecule has 1 fully saturated rings. The van der Waals surface area contributed by atoms with Crippen molar-refractivity contribution in [2.45, 2.75) is 25.4 Å². The van der Waals surface area contributed by atoms with Crippen LogP contribution in [0.15, 0.2) is 18.2 Å². The predicted octanol–water partition coefficient (Wildman–Crippen LogP) is 0.858. The van der Waals surface area contributed by atoms with Crippen LogP contribution in [0.5, 0.6) is 0 Å². The monoisotopic (exact) mass is 237 g/mol. The average Bonchev–Trinajstić information content (AvgIpc) is 2.72. The van der Waals surface area contributed by atoms with E-state index in [-0.39, 0.29) is 17.8 Å². The highest BCUT2D eigenvalue weighted by Crippen LogP contribution is 2.24. The van der Waals surface area contributed by atoms with Gasteiger partial charge in [-0.2, -0.15) is 0 Å². The molecule has 1 aromatic rings. The van der Waals surface area contributed by atoms with Gasteiger partial charge in [-0.25, -0.2) is 4.39 Å². The van der Waals surface area contributed by atoms with Crippen LogP contribution >= 0.6 is 0 Å². The van der Waals surface area contributed by atoms with Gasteiger partial charge in [0.1, 0.15) is 5.82 Å². The topological polar surface area (TPSA) is 72.4 Å². The molecule has 0 aliphatic carbocycles. The Morgan fingerprint density at radius 1 is 1.53 bits per heavy atom. The van der Waals surface area contributed by atoms with E-state index in [1.165, 1.54) is 6.07 Å². The molecule has 5 heteroatoms. The molecule has 1 heterocycles. The number of amides is 1. The van der Waals surface area contributed by atoms with Crippen LogP contribution in [0.3, 0.4) is 0 Å². The van der Waals surface area contributed by atoms with Crippen LogP contribution < -0.4 is 11.5 Å². The number of carbonyl (C=O) groups excluding carboxylic acids is 1. The van der Waals surface area contributed by atoms with E-state index in [0.717, 1.165) is 19.4 Å². The van der Waals surface area contributed by atoms with Gasteiger partial charge in [-0.15, -0.1) is 0 Å². The van der Waals surface area contributed by atoms with E-state index in [4.69, 9.17) is 11.5 Å². The van der Waals surface area contributed by atoms with Gasteiger partial charge in [0.25, 0.3) is 0 Å². The molecule has 1 aliphatic heterocycles. The van der Waals surface area contributed by atoms with Crippen molar-refractivity contribution in [3.63, 3.8) is 0 Å². The second-order valence-corrected chi connectivity index (χ2v) is 4.34. The Hall–Kier alpha value is -1.62. The molecule has 17 heavy (non-hydrogen) atoms. The lowest BCUT2D eigenvalue weighted by molar-refractivity contribution is -0.122. The predicted molar refractivity (Wildman–Crippen MR) is 63.4 cm³/mol. The van der Waals surface area contributed by atoms with Gasteiger partial charge in [-0.3, -0.25) is 9.69 Å². The Morgan fingerprint density at radius 2 is 2.29 bits per heavy atom. The maximum atomic E-state index is 13.6. The number of halogens is 1. The molecule has 0 spiro atoms. The third-order valence-corrected chi connectivity index (χ3v) is 3.21. The number of likely N-dealkylation sites (tertiary alicyclic amines) is 1. The summed E-state index contributed by atoms with van der Waals surface area (Å²) < 4.78 is 13.6. The van der Waals surface area contributed by atoms with Gasteiger partial charge in [0, 0.05) is 17.8 Å². The number of hydrogen-bond donors (Lipinski definition) is 2. The largest absolute Gasteiger partial charge is 0.398 e. The number of nitrogens with zero attached hydrogens (tertiary/aromatic N) is 1. The molecule has 92 valence electrons. The van der Waals surface area contributed by atoms with Crippen molar-refractivity contribution < 1.29 is 9.18 Å². The molecular formula is C12H16FN3O. The first-order valence-electron chi connectivity index (χ1n) is 5.66. The summed E-state index contributed by atoms with van der Waals surface area (Å²) in [4.78, 5) is 13.1. The number of nitrogens with two attached hydrogens (primary N) is 2. The van der Waals surface area contributed by atoms with Gasteiger partial charge in [0.15, 0.2) is 0 Å². The number of hydrogen-bond acceptors (Lipinski definition) is 3. The SMILES string of the molecule is NC(=O)C1CCCN1Cc1c(N)cccc1F. The molecular weight excluding hydrogens is 221 g/mol. The Balaban J connectivity index is 2.18. The zero-order valence-corrected chi connectivity index (χ0v) is 9.53. The molecule has 0 bridgehead atoms. The van der Waals surface area contributed by atoms with Gasteiger partial charge in [-0.1, -0.05) is 6.07 Å².